The molecule has 0 fully saturated rings. The molecule has 1 N–H and O–H groups in total. The Bertz CT molecular complexity index is 1050. The van der Waals surface area contributed by atoms with Gasteiger partial charge >= 0.3 is 0 Å². The molecule has 0 aliphatic carbocycles. The molecule has 8 heteroatoms. The number of carbonyl (C=O) groups excluding carboxylic acids is 2. The van der Waals surface area contributed by atoms with E-state index < -0.39 is 22.0 Å². The van der Waals surface area contributed by atoms with Crippen molar-refractivity contribution in [2.75, 3.05) is 23.7 Å². The number of benzene rings is 2. The zero-order valence-electron chi connectivity index (χ0n) is 20.2. The molecule has 0 saturated heterocycles. The highest BCUT2D eigenvalue weighted by Crippen LogP contribution is 2.23. The first kappa shape index (κ1) is 26.4. The van der Waals surface area contributed by atoms with Gasteiger partial charge in [0, 0.05) is 13.1 Å². The second kappa shape index (κ2) is 11.8. The van der Waals surface area contributed by atoms with Gasteiger partial charge in [-0.15, -0.1) is 0 Å². The van der Waals surface area contributed by atoms with Crippen LogP contribution in [0.4, 0.5) is 5.69 Å². The normalized spacial score (nSPS) is 12.2. The average molecular weight is 474 g/mol. The van der Waals surface area contributed by atoms with Gasteiger partial charge in [-0.05, 0) is 43.9 Å². The molecule has 7 nitrogen and oxygen atoms in total. The predicted octanol–water partition coefficient (Wildman–Crippen LogP) is 3.40. The summed E-state index contributed by atoms with van der Waals surface area (Å²) < 4.78 is 26.4. The smallest absolute Gasteiger partial charge is 0.244 e. The Morgan fingerprint density at radius 1 is 1.00 bits per heavy atom. The summed E-state index contributed by atoms with van der Waals surface area (Å²) in [5.74, 6) is -0.663. The first-order valence-corrected chi connectivity index (χ1v) is 13.1. The second-order valence-corrected chi connectivity index (χ2v) is 10.2. The van der Waals surface area contributed by atoms with Crippen LogP contribution in [0.2, 0.25) is 0 Å². The van der Waals surface area contributed by atoms with Crippen molar-refractivity contribution >= 4 is 27.5 Å². The van der Waals surface area contributed by atoms with E-state index in [0.717, 1.165) is 33.7 Å². The molecule has 0 heterocycles. The van der Waals surface area contributed by atoms with Crippen LogP contribution in [-0.2, 0) is 26.2 Å². The number of nitrogens with zero attached hydrogens (tertiary/aromatic N) is 2. The van der Waals surface area contributed by atoms with Crippen molar-refractivity contribution in [2.24, 2.45) is 0 Å². The predicted molar refractivity (Wildman–Crippen MR) is 132 cm³/mol. The van der Waals surface area contributed by atoms with Crippen LogP contribution in [0.5, 0.6) is 0 Å². The maximum Gasteiger partial charge on any atom is 0.244 e. The molecule has 1 atom stereocenters. The van der Waals surface area contributed by atoms with E-state index >= 15 is 0 Å². The lowest BCUT2D eigenvalue weighted by Crippen LogP contribution is -2.52. The van der Waals surface area contributed by atoms with Gasteiger partial charge in [0.05, 0.1) is 11.9 Å². The third-order valence-corrected chi connectivity index (χ3v) is 6.60. The third-order valence-electron chi connectivity index (χ3n) is 5.47. The van der Waals surface area contributed by atoms with Gasteiger partial charge < -0.3 is 10.2 Å². The quantitative estimate of drug-likeness (QED) is 0.542. The summed E-state index contributed by atoms with van der Waals surface area (Å²) in [6.07, 6.45) is 2.28. The minimum absolute atomic E-state index is 0.211. The molecular weight excluding hydrogens is 438 g/mol. The number of aryl methyl sites for hydroxylation is 2. The number of para-hydroxylation sites is 1. The van der Waals surface area contributed by atoms with E-state index in [0.29, 0.717) is 18.7 Å². The standard InChI is InChI=1S/C25H35N3O4S/c1-6-16-26-25(30)22(7-2)27(17-21-14-12-19(3)13-15-21)24(29)18-28(33(5,31)32)23-11-9-8-10-20(23)4/h8-15,22H,6-7,16-18H2,1-5H3,(H,26,30). The van der Waals surface area contributed by atoms with E-state index in [9.17, 15) is 18.0 Å². The molecule has 2 amide bonds. The molecule has 0 bridgehead atoms. The van der Waals surface area contributed by atoms with Crippen molar-refractivity contribution < 1.29 is 18.0 Å². The van der Waals surface area contributed by atoms with Gasteiger partial charge in [-0.25, -0.2) is 8.42 Å². The van der Waals surface area contributed by atoms with Gasteiger partial charge in [0.25, 0.3) is 0 Å². The lowest BCUT2D eigenvalue weighted by atomic mass is 10.1. The molecule has 0 spiro atoms. The second-order valence-electron chi connectivity index (χ2n) is 8.28. The minimum atomic E-state index is -3.73. The van der Waals surface area contributed by atoms with Crippen LogP contribution in [0.3, 0.4) is 0 Å². The van der Waals surface area contributed by atoms with E-state index in [2.05, 4.69) is 5.32 Å². The molecule has 33 heavy (non-hydrogen) atoms. The van der Waals surface area contributed by atoms with Gasteiger partial charge in [0.1, 0.15) is 12.6 Å². The Kier molecular flexibility index (Phi) is 9.46. The summed E-state index contributed by atoms with van der Waals surface area (Å²) in [4.78, 5) is 28.0. The molecule has 0 aromatic heterocycles. The lowest BCUT2D eigenvalue weighted by molar-refractivity contribution is -0.140. The largest absolute Gasteiger partial charge is 0.354 e. The Balaban J connectivity index is 2.42. The van der Waals surface area contributed by atoms with Gasteiger partial charge in [-0.2, -0.15) is 0 Å². The fourth-order valence-corrected chi connectivity index (χ4v) is 4.52. The summed E-state index contributed by atoms with van der Waals surface area (Å²) in [6.45, 7) is 7.93. The topological polar surface area (TPSA) is 86.8 Å². The minimum Gasteiger partial charge on any atom is -0.354 e. The maximum absolute atomic E-state index is 13.6. The lowest BCUT2D eigenvalue weighted by Gasteiger charge is -2.33. The van der Waals surface area contributed by atoms with E-state index in [-0.39, 0.29) is 19.0 Å². The Morgan fingerprint density at radius 2 is 1.64 bits per heavy atom. The molecule has 0 radical (unpaired) electrons. The van der Waals surface area contributed by atoms with Gasteiger partial charge in [0.2, 0.25) is 21.8 Å². The Morgan fingerprint density at radius 3 is 2.18 bits per heavy atom. The molecule has 2 rings (SSSR count). The highest BCUT2D eigenvalue weighted by molar-refractivity contribution is 7.92. The van der Waals surface area contributed by atoms with Gasteiger partial charge in [-0.1, -0.05) is 61.9 Å². The summed E-state index contributed by atoms with van der Waals surface area (Å²) >= 11 is 0. The molecule has 2 aromatic rings. The molecule has 0 aliphatic rings. The fraction of sp³-hybridized carbons (Fsp3) is 0.440. The van der Waals surface area contributed by atoms with E-state index in [1.54, 1.807) is 25.1 Å². The third kappa shape index (κ3) is 7.32. The zero-order chi connectivity index (χ0) is 24.6. The number of amides is 2. The van der Waals surface area contributed by atoms with Crippen LogP contribution >= 0.6 is 0 Å². The average Bonchev–Trinajstić information content (AvgIpc) is 2.77. The number of nitrogens with one attached hydrogen (secondary N) is 1. The first-order chi connectivity index (χ1) is 15.6. The monoisotopic (exact) mass is 473 g/mol. The van der Waals surface area contributed by atoms with Crippen LogP contribution in [0.15, 0.2) is 48.5 Å². The zero-order valence-corrected chi connectivity index (χ0v) is 21.0. The van der Waals surface area contributed by atoms with Crippen LogP contribution in [0.25, 0.3) is 0 Å². The number of rotatable bonds is 11. The number of sulfonamides is 1. The van der Waals surface area contributed by atoms with Crippen molar-refractivity contribution in [3.05, 3.63) is 65.2 Å². The molecule has 2 aromatic carbocycles. The van der Waals surface area contributed by atoms with Gasteiger partial charge in [0.15, 0.2) is 0 Å². The summed E-state index contributed by atoms with van der Waals surface area (Å²) in [6, 6.07) is 14.1. The molecule has 0 saturated carbocycles. The molecule has 180 valence electrons. The van der Waals surface area contributed by atoms with Crippen LogP contribution in [-0.4, -0.2) is 50.5 Å². The molecule has 1 unspecified atom stereocenters. The highest BCUT2D eigenvalue weighted by Gasteiger charge is 2.31. The Hall–Kier alpha value is -2.87. The fourth-order valence-electron chi connectivity index (χ4n) is 3.61. The summed E-state index contributed by atoms with van der Waals surface area (Å²) in [7, 11) is -3.73. The number of anilines is 1. The van der Waals surface area contributed by atoms with Crippen LogP contribution < -0.4 is 9.62 Å². The SMILES string of the molecule is CCCNC(=O)C(CC)N(Cc1ccc(C)cc1)C(=O)CN(c1ccccc1C)S(C)(=O)=O. The van der Waals surface area contributed by atoms with Crippen molar-refractivity contribution in [3.63, 3.8) is 0 Å². The van der Waals surface area contributed by atoms with Crippen molar-refractivity contribution in [1.29, 1.82) is 0 Å². The van der Waals surface area contributed by atoms with Gasteiger partial charge in [-0.3, -0.25) is 13.9 Å². The van der Waals surface area contributed by atoms with Crippen molar-refractivity contribution in [3.8, 4) is 0 Å². The van der Waals surface area contributed by atoms with Crippen molar-refractivity contribution in [1.82, 2.24) is 10.2 Å². The Labute approximate surface area is 197 Å². The molecular formula is C25H35N3O4S. The molecule has 0 aliphatic heterocycles. The van der Waals surface area contributed by atoms with E-state index in [4.69, 9.17) is 0 Å². The highest BCUT2D eigenvalue weighted by atomic mass is 32.2. The summed E-state index contributed by atoms with van der Waals surface area (Å²) in [5.41, 5.74) is 3.16. The summed E-state index contributed by atoms with van der Waals surface area (Å²) in [5, 5.41) is 2.87. The van der Waals surface area contributed by atoms with E-state index in [1.165, 1.54) is 4.90 Å². The van der Waals surface area contributed by atoms with Crippen LogP contribution in [0, 0.1) is 13.8 Å². The number of carbonyl (C=O) groups is 2. The van der Waals surface area contributed by atoms with Crippen LogP contribution in [0.1, 0.15) is 43.4 Å². The first-order valence-electron chi connectivity index (χ1n) is 11.2. The van der Waals surface area contributed by atoms with Crippen molar-refractivity contribution in [2.45, 2.75) is 53.1 Å². The maximum atomic E-state index is 13.6. The van der Waals surface area contributed by atoms with E-state index in [1.807, 2.05) is 51.1 Å². The number of hydrogen-bond donors (Lipinski definition) is 1. The number of hydrogen-bond acceptors (Lipinski definition) is 4.